The fourth-order valence-electron chi connectivity index (χ4n) is 5.83. The Kier molecular flexibility index (Phi) is 8.15. The first-order valence-electron chi connectivity index (χ1n) is 13.7. The van der Waals surface area contributed by atoms with E-state index in [-0.39, 0.29) is 43.0 Å². The van der Waals surface area contributed by atoms with Gasteiger partial charge in [-0.15, -0.1) is 0 Å². The number of aromatic nitrogens is 1. The highest BCUT2D eigenvalue weighted by Gasteiger charge is 2.43. The van der Waals surface area contributed by atoms with Crippen LogP contribution in [0.15, 0.2) is 35.1 Å². The van der Waals surface area contributed by atoms with E-state index in [9.17, 15) is 23.9 Å². The maximum atomic E-state index is 13.8. The molecule has 0 spiro atoms. The van der Waals surface area contributed by atoms with Gasteiger partial charge in [-0.05, 0) is 51.5 Å². The minimum Gasteiger partial charge on any atom is -0.444 e. The topological polar surface area (TPSA) is 95.3 Å². The molecule has 9 nitrogen and oxygen atoms in total. The van der Waals surface area contributed by atoms with Gasteiger partial charge in [0.25, 0.3) is 5.56 Å². The lowest BCUT2D eigenvalue weighted by molar-refractivity contribution is -0.121. The highest BCUT2D eigenvalue weighted by Crippen LogP contribution is 2.40. The number of halogens is 1. The summed E-state index contributed by atoms with van der Waals surface area (Å²) in [6.45, 7) is 12.3. The van der Waals surface area contributed by atoms with E-state index in [4.69, 9.17) is 4.74 Å². The number of piperazine rings is 1. The van der Waals surface area contributed by atoms with Gasteiger partial charge in [-0.2, -0.15) is 0 Å². The fourth-order valence-corrected chi connectivity index (χ4v) is 5.83. The number of hydrogen-bond donors (Lipinski definition) is 1. The molecule has 2 aliphatic rings. The Balaban J connectivity index is 1.57. The molecule has 3 heterocycles. The van der Waals surface area contributed by atoms with Gasteiger partial charge in [-0.25, -0.2) is 9.18 Å². The molecule has 2 atom stereocenters. The van der Waals surface area contributed by atoms with Gasteiger partial charge in [-0.1, -0.05) is 26.0 Å². The average Bonchev–Trinajstić information content (AvgIpc) is 3.13. The maximum absolute atomic E-state index is 13.8. The summed E-state index contributed by atoms with van der Waals surface area (Å²) in [5.41, 5.74) is 1.58. The summed E-state index contributed by atoms with van der Waals surface area (Å²) in [4.78, 5) is 45.1. The molecule has 1 N–H and O–H groups in total. The molecule has 40 heavy (non-hydrogen) atoms. The number of rotatable bonds is 5. The molecule has 10 heteroatoms. The SMILES string of the molecule is C[C@@H]1CN(CC(=O)N2CC(C)(C)c3c2cc(Cc2ccc(F)cc2)c(=O)n3C)[C@@H](CO)CN1C(=O)OC(C)(C)C. The number of fused-ring (bicyclic) bond motifs is 1. The van der Waals surface area contributed by atoms with Gasteiger partial charge >= 0.3 is 6.09 Å². The first kappa shape index (κ1) is 29.7. The van der Waals surface area contributed by atoms with Crippen molar-refractivity contribution < 1.29 is 23.8 Å². The van der Waals surface area contributed by atoms with Gasteiger partial charge in [0.2, 0.25) is 5.91 Å². The monoisotopic (exact) mass is 556 g/mol. The van der Waals surface area contributed by atoms with Crippen LogP contribution >= 0.6 is 0 Å². The van der Waals surface area contributed by atoms with E-state index in [1.807, 2.05) is 46.4 Å². The lowest BCUT2D eigenvalue weighted by Crippen LogP contribution is -2.62. The van der Waals surface area contributed by atoms with Crippen LogP contribution in [0.25, 0.3) is 0 Å². The Morgan fingerprint density at radius 1 is 1.15 bits per heavy atom. The predicted molar refractivity (Wildman–Crippen MR) is 151 cm³/mol. The van der Waals surface area contributed by atoms with Gasteiger partial charge in [0.05, 0.1) is 30.6 Å². The normalized spacial score (nSPS) is 20.9. The quantitative estimate of drug-likeness (QED) is 0.609. The van der Waals surface area contributed by atoms with Crippen molar-refractivity contribution in [1.29, 1.82) is 0 Å². The van der Waals surface area contributed by atoms with E-state index in [2.05, 4.69) is 0 Å². The number of hydrogen-bond acceptors (Lipinski definition) is 6. The zero-order valence-corrected chi connectivity index (χ0v) is 24.5. The molecule has 4 rings (SSSR count). The van der Waals surface area contributed by atoms with Crippen LogP contribution in [0.2, 0.25) is 0 Å². The highest BCUT2D eigenvalue weighted by atomic mass is 19.1. The summed E-state index contributed by atoms with van der Waals surface area (Å²) >= 11 is 0. The third-order valence-corrected chi connectivity index (χ3v) is 7.69. The number of benzene rings is 1. The minimum absolute atomic E-state index is 0.0589. The zero-order chi connectivity index (χ0) is 29.6. The van der Waals surface area contributed by atoms with Crippen LogP contribution in [0.5, 0.6) is 0 Å². The number of carbonyl (C=O) groups is 2. The van der Waals surface area contributed by atoms with Crippen LogP contribution in [0, 0.1) is 5.82 Å². The lowest BCUT2D eigenvalue weighted by Gasteiger charge is -2.44. The summed E-state index contributed by atoms with van der Waals surface area (Å²) in [6, 6.07) is 7.21. The Labute approximate surface area is 235 Å². The van der Waals surface area contributed by atoms with Crippen LogP contribution in [0.1, 0.15) is 58.4 Å². The molecule has 2 aromatic rings. The summed E-state index contributed by atoms with van der Waals surface area (Å²) in [5.74, 6) is -0.485. The second-order valence-corrected chi connectivity index (χ2v) is 12.7. The smallest absolute Gasteiger partial charge is 0.410 e. The number of aliphatic hydroxyl groups excluding tert-OH is 1. The molecule has 2 aliphatic heterocycles. The number of nitrogens with zero attached hydrogens (tertiary/aromatic N) is 4. The molecule has 1 aromatic carbocycles. The lowest BCUT2D eigenvalue weighted by atomic mass is 9.90. The molecule has 218 valence electrons. The van der Waals surface area contributed by atoms with Crippen molar-refractivity contribution in [3.05, 3.63) is 63.3 Å². The van der Waals surface area contributed by atoms with Crippen molar-refractivity contribution in [2.45, 2.75) is 71.1 Å². The molecule has 1 saturated heterocycles. The van der Waals surface area contributed by atoms with Gasteiger partial charge in [0.15, 0.2) is 0 Å². The second kappa shape index (κ2) is 11.0. The standard InChI is InChI=1S/C30H41FN4O5/c1-19-14-33(23(17-36)15-34(19)28(39)40-29(2,3)4)16-25(37)35-18-30(5,6)26-24(35)13-21(27(38)32(26)7)12-20-8-10-22(31)11-9-20/h8-11,13,19,23,36H,12,14-18H2,1-7H3/t19-,23-/m1/s1. The Bertz CT molecular complexity index is 1330. The summed E-state index contributed by atoms with van der Waals surface area (Å²) in [6.07, 6.45) is -0.117. The van der Waals surface area contributed by atoms with E-state index in [1.54, 1.807) is 39.6 Å². The molecule has 1 aromatic heterocycles. The van der Waals surface area contributed by atoms with E-state index in [1.165, 1.54) is 12.1 Å². The molecular weight excluding hydrogens is 515 g/mol. The third kappa shape index (κ3) is 6.07. The van der Waals surface area contributed by atoms with Crippen molar-refractivity contribution >= 4 is 17.7 Å². The second-order valence-electron chi connectivity index (χ2n) is 12.7. The van der Waals surface area contributed by atoms with E-state index in [0.29, 0.717) is 30.8 Å². The third-order valence-electron chi connectivity index (χ3n) is 7.69. The molecule has 0 saturated carbocycles. The molecular formula is C30H41FN4O5. The predicted octanol–water partition coefficient (Wildman–Crippen LogP) is 3.04. The first-order chi connectivity index (χ1) is 18.6. The molecule has 2 amide bonds. The molecule has 1 fully saturated rings. The van der Waals surface area contributed by atoms with Gasteiger partial charge in [0, 0.05) is 50.1 Å². The minimum atomic E-state index is -0.635. The van der Waals surface area contributed by atoms with E-state index >= 15 is 0 Å². The molecule has 0 aliphatic carbocycles. The number of aliphatic hydroxyl groups is 1. The number of pyridine rings is 1. The van der Waals surface area contributed by atoms with Gasteiger partial charge in [0.1, 0.15) is 11.4 Å². The summed E-state index contributed by atoms with van der Waals surface area (Å²) in [7, 11) is 1.73. The van der Waals surface area contributed by atoms with Crippen LogP contribution in [-0.4, -0.2) is 81.9 Å². The Hall–Kier alpha value is -3.24. The van der Waals surface area contributed by atoms with Crippen molar-refractivity contribution in [1.82, 2.24) is 14.4 Å². The van der Waals surface area contributed by atoms with Crippen LogP contribution < -0.4 is 10.5 Å². The molecule has 0 unspecified atom stereocenters. The molecule has 0 radical (unpaired) electrons. The van der Waals surface area contributed by atoms with Crippen molar-refractivity contribution in [2.75, 3.05) is 37.7 Å². The van der Waals surface area contributed by atoms with Gasteiger partial charge in [-0.3, -0.25) is 14.5 Å². The van der Waals surface area contributed by atoms with Crippen LogP contribution in [0.3, 0.4) is 0 Å². The molecule has 0 bridgehead atoms. The zero-order valence-electron chi connectivity index (χ0n) is 24.5. The van der Waals surface area contributed by atoms with Gasteiger partial charge < -0.3 is 24.2 Å². The number of ether oxygens (including phenoxy) is 1. The van der Waals surface area contributed by atoms with Crippen molar-refractivity contribution in [3.8, 4) is 0 Å². The highest BCUT2D eigenvalue weighted by molar-refractivity contribution is 5.97. The Morgan fingerprint density at radius 3 is 2.40 bits per heavy atom. The summed E-state index contributed by atoms with van der Waals surface area (Å²) in [5, 5.41) is 10.2. The number of anilines is 1. The van der Waals surface area contributed by atoms with Crippen molar-refractivity contribution in [3.63, 3.8) is 0 Å². The Morgan fingerprint density at radius 2 is 1.80 bits per heavy atom. The summed E-state index contributed by atoms with van der Waals surface area (Å²) < 4.78 is 20.6. The van der Waals surface area contributed by atoms with Crippen LogP contribution in [0.4, 0.5) is 14.9 Å². The first-order valence-corrected chi connectivity index (χ1v) is 13.7. The average molecular weight is 557 g/mol. The van der Waals surface area contributed by atoms with Crippen molar-refractivity contribution in [2.24, 2.45) is 7.05 Å². The number of carbonyl (C=O) groups excluding carboxylic acids is 2. The van der Waals surface area contributed by atoms with E-state index < -0.39 is 23.2 Å². The largest absolute Gasteiger partial charge is 0.444 e. The fraction of sp³-hybridized carbons (Fsp3) is 0.567. The van der Waals surface area contributed by atoms with E-state index in [0.717, 1.165) is 11.3 Å². The number of amides is 2. The van der Waals surface area contributed by atoms with Crippen LogP contribution in [-0.2, 0) is 28.4 Å². The maximum Gasteiger partial charge on any atom is 0.410 e.